The number of halogens is 1. The van der Waals surface area contributed by atoms with E-state index >= 15 is 0 Å². The van der Waals surface area contributed by atoms with Crippen LogP contribution in [0.15, 0.2) is 73.2 Å². The number of aliphatic hydroxyl groups excluding tert-OH is 3. The molecule has 0 unspecified atom stereocenters. The van der Waals surface area contributed by atoms with Crippen LogP contribution in [0.25, 0.3) is 33.1 Å². The molecule has 6 heterocycles. The van der Waals surface area contributed by atoms with Crippen LogP contribution in [0.5, 0.6) is 34.5 Å². The van der Waals surface area contributed by atoms with Crippen molar-refractivity contribution in [3.05, 3.63) is 89.3 Å². The minimum absolute atomic E-state index is 0. The number of benzene rings is 2. The molecule has 0 aliphatic heterocycles. The number of aliphatic hydroxyl groups is 3. The fourth-order valence-corrected chi connectivity index (χ4v) is 9.02. The number of anilines is 6. The first-order valence-electron chi connectivity index (χ1n) is 30.1. The van der Waals surface area contributed by atoms with Gasteiger partial charge in [-0.1, -0.05) is 77.8 Å². The molecule has 2 aromatic carbocycles. The SMILES string of the molecule is CCCC[C@H](CO)Nc1nc(N)nc2cc(OCC)cnc12.CCCC[C@H](CO)Nc1nc(NCc2ccc(OC)cc2OC)nc2cc(Cl)cnc12.CCCC[C@H](CO)Nc1nc(NCc2ccc(OC)cc2OC)nc2cc(OCC)cnc12.CC[O-].[Na+]. The summed E-state index contributed by atoms with van der Waals surface area (Å²) in [6, 6.07) is 16.3. The molecule has 27 heteroatoms. The number of hydrogen-bond donors (Lipinski definition) is 9. The number of unbranched alkanes of at least 4 members (excludes halogenated alkanes) is 3. The number of nitrogens with zero attached hydrogens (tertiary/aromatic N) is 9. The molecule has 0 saturated carbocycles. The van der Waals surface area contributed by atoms with Crippen molar-refractivity contribution in [1.82, 2.24) is 44.9 Å². The van der Waals surface area contributed by atoms with Crippen molar-refractivity contribution >= 4 is 80.0 Å². The molecule has 0 spiro atoms. The Hall–Kier alpha value is -7.36. The van der Waals surface area contributed by atoms with Crippen LogP contribution in [0.2, 0.25) is 5.02 Å². The van der Waals surface area contributed by atoms with Crippen LogP contribution in [-0.4, -0.2) is 146 Å². The largest absolute Gasteiger partial charge is 1.00 e. The first-order valence-corrected chi connectivity index (χ1v) is 30.5. The van der Waals surface area contributed by atoms with E-state index in [-0.39, 0.29) is 80.1 Å². The van der Waals surface area contributed by atoms with Gasteiger partial charge in [0.25, 0.3) is 0 Å². The predicted octanol–water partition coefficient (Wildman–Crippen LogP) is 6.63. The summed E-state index contributed by atoms with van der Waals surface area (Å²) in [6.07, 6.45) is 13.6. The molecular formula is C63H89ClN15NaO10. The van der Waals surface area contributed by atoms with Gasteiger partial charge in [-0.25, -0.2) is 29.9 Å². The summed E-state index contributed by atoms with van der Waals surface area (Å²) >= 11 is 6.13. The van der Waals surface area contributed by atoms with E-state index in [9.17, 15) is 15.3 Å². The Morgan fingerprint density at radius 2 is 0.878 bits per heavy atom. The van der Waals surface area contributed by atoms with Gasteiger partial charge in [-0.3, -0.25) is 0 Å². The maximum Gasteiger partial charge on any atom is 1.00 e. The third-order valence-electron chi connectivity index (χ3n) is 13.4. The smallest absolute Gasteiger partial charge is 0.855 e. The van der Waals surface area contributed by atoms with Crippen molar-refractivity contribution in [2.75, 3.05) is 100 Å². The van der Waals surface area contributed by atoms with Crippen molar-refractivity contribution < 1.29 is 78.4 Å². The summed E-state index contributed by atoms with van der Waals surface area (Å²) in [6.45, 7) is 13.8. The van der Waals surface area contributed by atoms with Crippen molar-refractivity contribution in [3.63, 3.8) is 0 Å². The molecule has 484 valence electrons. The van der Waals surface area contributed by atoms with E-state index in [1.165, 1.54) is 0 Å². The number of nitrogens with two attached hydrogens (primary N) is 1. The van der Waals surface area contributed by atoms with E-state index in [1.54, 1.807) is 66.1 Å². The minimum Gasteiger partial charge on any atom is -0.855 e. The number of pyridine rings is 3. The zero-order valence-electron chi connectivity index (χ0n) is 53.9. The van der Waals surface area contributed by atoms with Crippen LogP contribution in [0, 0.1) is 0 Å². The Morgan fingerprint density at radius 1 is 0.500 bits per heavy atom. The number of methoxy groups -OCH3 is 4. The average molecular weight is 1270 g/mol. The van der Waals surface area contributed by atoms with Gasteiger partial charge in [0, 0.05) is 54.7 Å². The van der Waals surface area contributed by atoms with Crippen LogP contribution in [-0.2, 0) is 13.1 Å². The van der Waals surface area contributed by atoms with Crippen molar-refractivity contribution in [3.8, 4) is 34.5 Å². The van der Waals surface area contributed by atoms with Gasteiger partial charge in [0.1, 0.15) is 62.1 Å². The normalized spacial score (nSPS) is 11.6. The quantitative estimate of drug-likeness (QED) is 0.0200. The molecular weight excluding hydrogens is 1190 g/mol. The second-order valence-corrected chi connectivity index (χ2v) is 20.5. The fraction of sp³-hybridized carbons (Fsp3) is 0.476. The van der Waals surface area contributed by atoms with Crippen molar-refractivity contribution in [1.29, 1.82) is 0 Å². The number of rotatable bonds is 32. The Morgan fingerprint density at radius 3 is 1.24 bits per heavy atom. The van der Waals surface area contributed by atoms with Crippen LogP contribution < -0.4 is 95.4 Å². The minimum atomic E-state index is -0.120. The van der Waals surface area contributed by atoms with Crippen molar-refractivity contribution in [2.24, 2.45) is 0 Å². The van der Waals surface area contributed by atoms with Gasteiger partial charge < -0.3 is 81.2 Å². The number of nitrogens with one attached hydrogen (secondary N) is 5. The van der Waals surface area contributed by atoms with Crippen molar-refractivity contribution in [2.45, 2.75) is 131 Å². The summed E-state index contributed by atoms with van der Waals surface area (Å²) in [4.78, 5) is 40.2. The van der Waals surface area contributed by atoms with Gasteiger partial charge in [0.2, 0.25) is 17.8 Å². The summed E-state index contributed by atoms with van der Waals surface area (Å²) < 4.78 is 32.5. The van der Waals surface area contributed by atoms with Crippen LogP contribution >= 0.6 is 11.6 Å². The summed E-state index contributed by atoms with van der Waals surface area (Å²) in [7, 11) is 6.48. The number of hydrogen-bond acceptors (Lipinski definition) is 25. The number of ether oxygens (including phenoxy) is 6. The first kappa shape index (κ1) is 75.1. The molecule has 0 aliphatic rings. The fourth-order valence-electron chi connectivity index (χ4n) is 8.87. The Kier molecular flexibility index (Phi) is 34.3. The maximum absolute atomic E-state index is 9.84. The molecule has 0 aliphatic carbocycles. The average Bonchev–Trinajstić information content (AvgIpc) is 1.55. The monoisotopic (exact) mass is 1270 g/mol. The number of nitrogen functional groups attached to an aromatic ring is 1. The molecule has 8 rings (SSSR count). The molecule has 0 amide bonds. The topological polar surface area (TPSA) is 341 Å². The molecule has 6 aromatic heterocycles. The molecule has 10 N–H and O–H groups in total. The Bertz CT molecular complexity index is 3400. The Balaban J connectivity index is 0.000000285. The van der Waals surface area contributed by atoms with Gasteiger partial charge in [-0.2, -0.15) is 15.0 Å². The molecule has 0 saturated heterocycles. The van der Waals surface area contributed by atoms with Crippen LogP contribution in [0.1, 0.15) is 110 Å². The maximum atomic E-state index is 9.84. The molecule has 0 bridgehead atoms. The van der Waals surface area contributed by atoms with Gasteiger partial charge in [0.05, 0.1) is 103 Å². The summed E-state index contributed by atoms with van der Waals surface area (Å²) in [5.41, 5.74) is 11.4. The van der Waals surface area contributed by atoms with E-state index in [0.717, 1.165) is 80.4 Å². The predicted molar refractivity (Wildman–Crippen MR) is 350 cm³/mol. The van der Waals surface area contributed by atoms with E-state index < -0.39 is 0 Å². The molecule has 8 aromatic rings. The molecule has 3 atom stereocenters. The van der Waals surface area contributed by atoms with Gasteiger partial charge in [-0.05, 0) is 63.4 Å². The zero-order chi connectivity index (χ0) is 64.5. The van der Waals surface area contributed by atoms with Crippen LogP contribution in [0.3, 0.4) is 0 Å². The van der Waals surface area contributed by atoms with E-state index in [2.05, 4.69) is 92.2 Å². The summed E-state index contributed by atoms with van der Waals surface area (Å²) in [5.74, 6) is 6.83. The first-order chi connectivity index (χ1) is 43.3. The molecule has 0 fully saturated rings. The number of aromatic nitrogens is 9. The van der Waals surface area contributed by atoms with Gasteiger partial charge >= 0.3 is 29.6 Å². The van der Waals surface area contributed by atoms with E-state index in [1.807, 2.05) is 56.3 Å². The van der Waals surface area contributed by atoms with E-state index in [0.29, 0.717) is 117 Å². The third kappa shape index (κ3) is 23.5. The summed E-state index contributed by atoms with van der Waals surface area (Å²) in [5, 5.41) is 54.9. The van der Waals surface area contributed by atoms with Gasteiger partial charge in [-0.15, -0.1) is 6.61 Å². The number of fused-ring (bicyclic) bond motifs is 3. The van der Waals surface area contributed by atoms with E-state index in [4.69, 9.17) is 50.9 Å². The van der Waals surface area contributed by atoms with Crippen LogP contribution in [0.4, 0.5) is 35.3 Å². The molecule has 0 radical (unpaired) electrons. The second-order valence-electron chi connectivity index (χ2n) is 20.0. The standard InChI is InChI=1S/C24H33N5O4.C22H28ClN5O3.C15H23N5O2.C2H5O.Na/c1-5-7-8-17(15-30)27-23-22-20(11-19(14-25-22)33-6-2)28-24(29-23)26-13-16-9-10-18(31-3)12-21(16)32-4;1-4-5-6-16(13-29)26-21-20-18(9-15(23)12-24-20)27-22(28-21)25-11-14-7-8-17(30-2)10-19(14)31-3;1-3-5-6-10(9-21)18-14-13-12(19-15(16)20-14)7-11(8-17-13)22-4-2;1-2-3;/h9-12,14,17,30H,5-8,13,15H2,1-4H3,(H2,26,27,28,29);7-10,12,16,29H,4-6,11,13H2,1-3H3,(H2,25,26,27,28);7-8,10,21H,3-6,9H2,1-2H3,(H3,16,18,19,20);2H2,1H3;/q;;;-1;+1/t17-;16-;10-;;/m111../s1. The third-order valence-corrected chi connectivity index (χ3v) is 13.6. The molecule has 90 heavy (non-hydrogen) atoms. The van der Waals surface area contributed by atoms with Gasteiger partial charge in [0.15, 0.2) is 17.5 Å². The zero-order valence-corrected chi connectivity index (χ0v) is 56.6. The second kappa shape index (κ2) is 41.1. The Labute approximate surface area is 554 Å². The molecule has 25 nitrogen and oxygen atoms in total.